The van der Waals surface area contributed by atoms with Crippen LogP contribution in [0.4, 0.5) is 0 Å². The predicted octanol–water partition coefficient (Wildman–Crippen LogP) is 1.50. The molecule has 5 nitrogen and oxygen atoms in total. The zero-order valence-corrected chi connectivity index (χ0v) is 8.77. The van der Waals surface area contributed by atoms with Gasteiger partial charge in [-0.1, -0.05) is 6.07 Å². The van der Waals surface area contributed by atoms with Crippen molar-refractivity contribution in [3.63, 3.8) is 0 Å². The van der Waals surface area contributed by atoms with E-state index >= 15 is 0 Å². The lowest BCUT2D eigenvalue weighted by Crippen LogP contribution is -1.98. The Bertz CT molecular complexity index is 660. The van der Waals surface area contributed by atoms with E-state index in [0.717, 1.165) is 6.07 Å². The van der Waals surface area contributed by atoms with Crippen molar-refractivity contribution in [3.8, 4) is 11.5 Å². The van der Waals surface area contributed by atoms with Crippen LogP contribution in [-0.2, 0) is 10.1 Å². The van der Waals surface area contributed by atoms with Gasteiger partial charge in [0, 0.05) is 0 Å². The fourth-order valence-corrected chi connectivity index (χ4v) is 2.06. The van der Waals surface area contributed by atoms with Gasteiger partial charge in [-0.15, -0.1) is 0 Å². The summed E-state index contributed by atoms with van der Waals surface area (Å²) < 4.78 is 30.7. The highest BCUT2D eigenvalue weighted by Crippen LogP contribution is 2.30. The predicted molar refractivity (Wildman–Crippen MR) is 57.1 cm³/mol. The van der Waals surface area contributed by atoms with Gasteiger partial charge >= 0.3 is 0 Å². The van der Waals surface area contributed by atoms with Gasteiger partial charge in [-0.2, -0.15) is 8.42 Å². The molecule has 0 aliphatic heterocycles. The minimum atomic E-state index is -4.47. The summed E-state index contributed by atoms with van der Waals surface area (Å²) in [5, 5.41) is 19.6. The maximum Gasteiger partial charge on any atom is 0.298 e. The van der Waals surface area contributed by atoms with Gasteiger partial charge in [-0.3, -0.25) is 4.55 Å². The quantitative estimate of drug-likeness (QED) is 0.656. The summed E-state index contributed by atoms with van der Waals surface area (Å²) in [4.78, 5) is -0.578. The molecule has 0 radical (unpaired) electrons. The van der Waals surface area contributed by atoms with E-state index in [-0.39, 0.29) is 5.75 Å². The third-order valence-corrected chi connectivity index (χ3v) is 3.06. The Kier molecular flexibility index (Phi) is 2.25. The van der Waals surface area contributed by atoms with Crippen molar-refractivity contribution in [1.82, 2.24) is 0 Å². The van der Waals surface area contributed by atoms with Crippen molar-refractivity contribution in [1.29, 1.82) is 0 Å². The molecule has 0 heterocycles. The van der Waals surface area contributed by atoms with E-state index in [1.807, 2.05) is 0 Å². The summed E-state index contributed by atoms with van der Waals surface area (Å²) in [7, 11) is -4.47. The highest BCUT2D eigenvalue weighted by molar-refractivity contribution is 7.86. The monoisotopic (exact) mass is 240 g/mol. The lowest BCUT2D eigenvalue weighted by molar-refractivity contribution is 0.444. The van der Waals surface area contributed by atoms with E-state index in [2.05, 4.69) is 0 Å². The first-order valence-electron chi connectivity index (χ1n) is 4.31. The molecule has 84 valence electrons. The molecule has 2 rings (SSSR count). The van der Waals surface area contributed by atoms with Gasteiger partial charge in [-0.05, 0) is 35.0 Å². The first kappa shape index (κ1) is 10.7. The van der Waals surface area contributed by atoms with E-state index < -0.39 is 20.8 Å². The van der Waals surface area contributed by atoms with Crippen molar-refractivity contribution in [2.24, 2.45) is 0 Å². The number of phenolic OH excluding ortho intramolecular Hbond substituents is 2. The first-order chi connectivity index (χ1) is 7.38. The fourth-order valence-electron chi connectivity index (χ4n) is 1.46. The Morgan fingerprint density at radius 2 is 1.62 bits per heavy atom. The van der Waals surface area contributed by atoms with Crippen molar-refractivity contribution in [2.45, 2.75) is 4.90 Å². The number of rotatable bonds is 1. The molecule has 2 aromatic rings. The normalized spacial score (nSPS) is 11.8. The minimum Gasteiger partial charge on any atom is -0.508 e. The molecule has 0 amide bonds. The van der Waals surface area contributed by atoms with Crippen LogP contribution in [0.2, 0.25) is 0 Å². The molecule has 0 aliphatic rings. The van der Waals surface area contributed by atoms with Crippen molar-refractivity contribution >= 4 is 20.9 Å². The summed E-state index contributed by atoms with van der Waals surface area (Å²) in [6.07, 6.45) is 0. The van der Waals surface area contributed by atoms with E-state index in [1.165, 1.54) is 24.3 Å². The Morgan fingerprint density at radius 3 is 2.25 bits per heavy atom. The summed E-state index contributed by atoms with van der Waals surface area (Å²) in [6.45, 7) is 0. The molecular weight excluding hydrogens is 232 g/mol. The largest absolute Gasteiger partial charge is 0.508 e. The lowest BCUT2D eigenvalue weighted by atomic mass is 10.1. The number of hydrogen-bond acceptors (Lipinski definition) is 4. The lowest BCUT2D eigenvalue weighted by Gasteiger charge is -2.04. The second-order valence-electron chi connectivity index (χ2n) is 3.33. The number of aromatic hydroxyl groups is 2. The Morgan fingerprint density at radius 1 is 0.938 bits per heavy atom. The van der Waals surface area contributed by atoms with Crippen LogP contribution in [0.5, 0.6) is 11.5 Å². The Hall–Kier alpha value is -1.79. The molecule has 3 N–H and O–H groups in total. The number of fused-ring (bicyclic) bond motifs is 1. The zero-order chi connectivity index (χ0) is 11.9. The SMILES string of the molecule is O=S(=O)(O)c1cc2cc(O)ccc2cc1O. The highest BCUT2D eigenvalue weighted by Gasteiger charge is 2.16. The van der Waals surface area contributed by atoms with Crippen LogP contribution in [0.15, 0.2) is 35.2 Å². The van der Waals surface area contributed by atoms with Crippen LogP contribution in [0.1, 0.15) is 0 Å². The molecule has 0 saturated heterocycles. The Labute approximate surface area is 91.3 Å². The van der Waals surface area contributed by atoms with Gasteiger partial charge in [-0.25, -0.2) is 0 Å². The zero-order valence-electron chi connectivity index (χ0n) is 7.95. The van der Waals surface area contributed by atoms with Gasteiger partial charge in [0.05, 0.1) is 0 Å². The van der Waals surface area contributed by atoms with Crippen molar-refractivity contribution < 1.29 is 23.2 Å². The fraction of sp³-hybridized carbons (Fsp3) is 0. The third kappa shape index (κ3) is 1.80. The minimum absolute atomic E-state index is 0.0283. The van der Waals surface area contributed by atoms with Gasteiger partial charge < -0.3 is 10.2 Å². The summed E-state index contributed by atoms with van der Waals surface area (Å²) in [5.74, 6) is -0.555. The standard InChI is InChI=1S/C10H8O5S/c11-8-2-1-6-4-9(12)10(16(13,14)15)5-7(6)3-8/h1-5,11-12H,(H,13,14,15). The molecule has 0 bridgehead atoms. The van der Waals surface area contributed by atoms with E-state index in [9.17, 15) is 18.6 Å². The summed E-state index contributed by atoms with van der Waals surface area (Å²) in [6, 6.07) is 6.58. The van der Waals surface area contributed by atoms with E-state index in [1.54, 1.807) is 0 Å². The van der Waals surface area contributed by atoms with Gasteiger partial charge in [0.15, 0.2) is 0 Å². The number of benzene rings is 2. The maximum atomic E-state index is 10.9. The third-order valence-electron chi connectivity index (χ3n) is 2.18. The van der Waals surface area contributed by atoms with E-state index in [0.29, 0.717) is 10.8 Å². The molecule has 0 fully saturated rings. The molecule has 6 heteroatoms. The van der Waals surface area contributed by atoms with Crippen LogP contribution in [-0.4, -0.2) is 23.2 Å². The molecule has 2 aromatic carbocycles. The summed E-state index contributed by atoms with van der Waals surface area (Å²) >= 11 is 0. The molecule has 0 atom stereocenters. The van der Waals surface area contributed by atoms with Crippen molar-refractivity contribution in [2.75, 3.05) is 0 Å². The van der Waals surface area contributed by atoms with Crippen molar-refractivity contribution in [3.05, 3.63) is 30.3 Å². The van der Waals surface area contributed by atoms with Crippen LogP contribution in [0, 0.1) is 0 Å². The average Bonchev–Trinajstić information content (AvgIpc) is 2.16. The second kappa shape index (κ2) is 3.36. The maximum absolute atomic E-state index is 10.9. The number of phenols is 2. The van der Waals surface area contributed by atoms with Gasteiger partial charge in [0.2, 0.25) is 0 Å². The van der Waals surface area contributed by atoms with Crippen LogP contribution >= 0.6 is 0 Å². The Balaban J connectivity index is 2.84. The highest BCUT2D eigenvalue weighted by atomic mass is 32.2. The molecule has 0 aromatic heterocycles. The summed E-state index contributed by atoms with van der Waals surface area (Å²) in [5.41, 5.74) is 0. The van der Waals surface area contributed by atoms with Gasteiger partial charge in [0.25, 0.3) is 10.1 Å². The molecular formula is C10H8O5S. The molecule has 0 aliphatic carbocycles. The number of hydrogen-bond donors (Lipinski definition) is 3. The first-order valence-corrected chi connectivity index (χ1v) is 5.75. The van der Waals surface area contributed by atoms with Crippen LogP contribution < -0.4 is 0 Å². The smallest absolute Gasteiger partial charge is 0.298 e. The molecule has 0 spiro atoms. The molecule has 16 heavy (non-hydrogen) atoms. The molecule has 0 unspecified atom stereocenters. The van der Waals surface area contributed by atoms with Gasteiger partial charge in [0.1, 0.15) is 16.4 Å². The van der Waals surface area contributed by atoms with Crippen LogP contribution in [0.25, 0.3) is 10.8 Å². The molecule has 0 saturated carbocycles. The van der Waals surface area contributed by atoms with E-state index in [4.69, 9.17) is 4.55 Å². The second-order valence-corrected chi connectivity index (χ2v) is 4.72. The van der Waals surface area contributed by atoms with Crippen LogP contribution in [0.3, 0.4) is 0 Å². The topological polar surface area (TPSA) is 94.8 Å². The average molecular weight is 240 g/mol.